The van der Waals surface area contributed by atoms with Crippen molar-refractivity contribution in [2.75, 3.05) is 204 Å². The Balaban J connectivity index is 0.565. The summed E-state index contributed by atoms with van der Waals surface area (Å²) in [4.78, 5) is 179. The molecule has 7 aromatic rings. The summed E-state index contributed by atoms with van der Waals surface area (Å²) >= 11 is 0. The molecule has 1 unspecified atom stereocenters. The van der Waals surface area contributed by atoms with Crippen LogP contribution in [0, 0.1) is 25.7 Å². The van der Waals surface area contributed by atoms with Crippen molar-refractivity contribution in [1.29, 1.82) is 0 Å². The number of amides is 12. The average Bonchev–Trinajstić information content (AvgIpc) is 1.62. The van der Waals surface area contributed by atoms with Gasteiger partial charge in [-0.05, 0) is 114 Å². The number of nitrogens with one attached hydrogen (secondary N) is 6. The van der Waals surface area contributed by atoms with Crippen molar-refractivity contribution in [3.05, 3.63) is 124 Å². The van der Waals surface area contributed by atoms with Crippen LogP contribution in [-0.2, 0) is 118 Å². The number of rotatable bonds is 60. The molecule has 0 saturated carbocycles. The van der Waals surface area contributed by atoms with E-state index in [4.69, 9.17) is 73.0 Å². The topological polar surface area (TPSA) is 540 Å². The maximum atomic E-state index is 14.1. The molecule has 7 heterocycles. The van der Waals surface area contributed by atoms with Crippen LogP contribution >= 0.6 is 0 Å². The van der Waals surface area contributed by atoms with Gasteiger partial charge in [0, 0.05) is 108 Å². The number of methoxy groups -OCH3 is 1. The number of piperazine rings is 1. The van der Waals surface area contributed by atoms with E-state index in [0.29, 0.717) is 222 Å². The molecule has 45 heteroatoms. The maximum Gasteiger partial charge on any atom is 0.410 e. The van der Waals surface area contributed by atoms with Crippen LogP contribution < -0.4 is 53.4 Å². The second-order valence-corrected chi connectivity index (χ2v) is 33.2. The number of fused-ring (bicyclic) bond motifs is 2. The van der Waals surface area contributed by atoms with Crippen molar-refractivity contribution in [3.63, 3.8) is 0 Å². The average molecular weight is 1930 g/mol. The summed E-state index contributed by atoms with van der Waals surface area (Å²) in [5.41, 5.74) is 16.8. The molecule has 0 radical (unpaired) electrons. The molecule has 4 aromatic heterocycles. The number of nitrogens with two attached hydrogens (primary N) is 2. The van der Waals surface area contributed by atoms with Gasteiger partial charge in [0.15, 0.2) is 0 Å². The molecule has 45 nitrogen and oxygen atoms in total. The molecule has 12 amide bonds. The fourth-order valence-electron chi connectivity index (χ4n) is 15.4. The molecule has 0 bridgehead atoms. The number of carbonyl (C=O) groups excluding carboxylic acids is 12. The van der Waals surface area contributed by atoms with Crippen LogP contribution in [0.4, 0.5) is 10.5 Å². The summed E-state index contributed by atoms with van der Waals surface area (Å²) in [6.07, 6.45) is 4.70. The first-order valence-electron chi connectivity index (χ1n) is 46.7. The second kappa shape index (κ2) is 55.8. The van der Waals surface area contributed by atoms with Gasteiger partial charge in [0.25, 0.3) is 11.8 Å². The molecule has 0 spiro atoms. The Morgan fingerprint density at radius 1 is 0.580 bits per heavy atom. The number of aryl methyl sites for hydroxylation is 4. The SMILES string of the molecule is CCn1nc(C)cc1C(=O)/N=c1\[nH]c2cc(C(N)=O)cc(OC)c2n1C/C=C/Cn1/c(=N/C(=O)c2cc(C)nn2CC)[nH]c2cc(C(N)=O)cc(OCCCN3CCN(C(=O)OCc4ccc(NC(=O)[C@@H](NC(=O)[C@@H]5CCCN5C(=O)[C@H](C)NC(=O)CCOCCOCCOCCOCCOCCOCCOCCOCCOCCOCCNC(=O)CN5C(=O)CC(C)C5=O)C(C)C)cc4)CC3)c21. The van der Waals surface area contributed by atoms with Gasteiger partial charge in [-0.2, -0.15) is 20.2 Å². The Morgan fingerprint density at radius 3 is 1.52 bits per heavy atom. The Hall–Kier alpha value is -12.4. The van der Waals surface area contributed by atoms with Crippen molar-refractivity contribution in [1.82, 2.24) is 74.2 Å². The summed E-state index contributed by atoms with van der Waals surface area (Å²) in [6.45, 7) is 25.0. The van der Waals surface area contributed by atoms with Crippen LogP contribution in [-0.4, -0.2) is 346 Å². The van der Waals surface area contributed by atoms with Gasteiger partial charge in [-0.1, -0.05) is 45.1 Å². The number of hydrogen-bond donors (Lipinski definition) is 8. The van der Waals surface area contributed by atoms with Gasteiger partial charge in [-0.3, -0.25) is 71.9 Å². The monoisotopic (exact) mass is 1930 g/mol. The van der Waals surface area contributed by atoms with Crippen LogP contribution in [0.25, 0.3) is 22.1 Å². The minimum absolute atomic E-state index is 0.00967. The Kier molecular flexibility index (Phi) is 43.5. The minimum Gasteiger partial charge on any atom is -0.494 e. The summed E-state index contributed by atoms with van der Waals surface area (Å²) < 4.78 is 79.8. The van der Waals surface area contributed by atoms with Crippen molar-refractivity contribution in [2.24, 2.45) is 33.3 Å². The van der Waals surface area contributed by atoms with Gasteiger partial charge in [0.05, 0.1) is 168 Å². The molecule has 0 aliphatic carbocycles. The van der Waals surface area contributed by atoms with E-state index in [1.165, 1.54) is 18.1 Å². The third-order valence-electron chi connectivity index (χ3n) is 22.6. The molecule has 4 atom stereocenters. The number of nitrogens with zero attached hydrogens (tertiary/aromatic N) is 12. The van der Waals surface area contributed by atoms with Gasteiger partial charge < -0.3 is 123 Å². The van der Waals surface area contributed by atoms with Gasteiger partial charge in [0.1, 0.15) is 65.2 Å². The van der Waals surface area contributed by atoms with Gasteiger partial charge in [-0.15, -0.1) is 0 Å². The molecule has 3 aliphatic rings. The van der Waals surface area contributed by atoms with E-state index in [0.717, 1.165) is 4.90 Å². The summed E-state index contributed by atoms with van der Waals surface area (Å²) in [5.74, 6) is -5.62. The fourth-order valence-corrected chi connectivity index (χ4v) is 15.4. The van der Waals surface area contributed by atoms with E-state index >= 15 is 0 Å². The van der Waals surface area contributed by atoms with Crippen LogP contribution in [0.1, 0.15) is 132 Å². The van der Waals surface area contributed by atoms with Crippen molar-refractivity contribution < 1.29 is 119 Å². The Bertz CT molecular complexity index is 5430. The highest BCUT2D eigenvalue weighted by Crippen LogP contribution is 2.30. The number of benzene rings is 3. The van der Waals surface area contributed by atoms with E-state index in [2.05, 4.69) is 56.3 Å². The molecule has 10 rings (SSSR count). The molecule has 754 valence electrons. The maximum absolute atomic E-state index is 14.1. The number of H-pyrrole nitrogens is 2. The van der Waals surface area contributed by atoms with Crippen LogP contribution in [0.3, 0.4) is 0 Å². The lowest BCUT2D eigenvalue weighted by molar-refractivity contribution is -0.143. The van der Waals surface area contributed by atoms with Crippen LogP contribution in [0.2, 0.25) is 0 Å². The quantitative estimate of drug-likeness (QED) is 0.0154. The molecule has 138 heavy (non-hydrogen) atoms. The van der Waals surface area contributed by atoms with Crippen molar-refractivity contribution in [2.45, 2.75) is 138 Å². The standard InChI is InChI=1S/C93H132N20O25/c1-10-112-73(53-63(6)104-112)86(120)102-91-99-70-55-67(83(94)117)57-75(126-9)81(70)109(91)24-12-13-25-110-82-71(100-92(110)103-87(121)74-54-64(7)105-113(74)11-2)56-68(84(95)118)58-76(82)137-31-15-23-106-27-29-107(30-28-106)93(125)138-60-66-17-19-69(20-18-66)98-88(122)80(61(3)4)101-85(119)72-16-14-26-108(72)90(124)65(8)97-77(114)21-32-127-34-36-129-38-40-131-42-44-133-46-48-135-50-51-136-49-47-134-45-43-132-41-39-130-37-35-128-33-22-96-78(115)59-111-79(116)52-62(5)89(111)123/h12-13,17-20,53-58,61-62,65,72,80H,10-11,14-16,21-52,59-60H2,1-9H3,(H2,94,117)(H2,95,118)(H,96,115)(H,97,114)(H,98,122)(H,101,119)(H,99,102,120)(H,100,103,121)/b13-12+/t62?,65-,72-,80-/m0/s1. The normalized spacial score (nSPS) is 15.4. The van der Waals surface area contributed by atoms with E-state index in [1.807, 2.05) is 26.0 Å². The largest absolute Gasteiger partial charge is 0.494 e. The smallest absolute Gasteiger partial charge is 0.410 e. The first-order valence-corrected chi connectivity index (χ1v) is 46.7. The zero-order valence-corrected chi connectivity index (χ0v) is 80.1. The van der Waals surface area contributed by atoms with E-state index < -0.39 is 77.4 Å². The third kappa shape index (κ3) is 32.6. The number of hydrogen-bond acceptors (Lipinski definition) is 28. The first kappa shape index (κ1) is 108. The fraction of sp³-hybridized carbons (Fsp3) is 0.570. The highest BCUT2D eigenvalue weighted by atomic mass is 16.6. The highest BCUT2D eigenvalue weighted by Gasteiger charge is 2.40. The molecular weight excluding hydrogens is 1800 g/mol. The van der Waals surface area contributed by atoms with E-state index in [1.54, 1.807) is 120 Å². The molecule has 3 aromatic carbocycles. The summed E-state index contributed by atoms with van der Waals surface area (Å²) in [6, 6.07) is 13.5. The number of likely N-dealkylation sites (tertiary alicyclic amines) is 2. The predicted molar refractivity (Wildman–Crippen MR) is 499 cm³/mol. The number of imidazole rings is 2. The Morgan fingerprint density at radius 2 is 1.06 bits per heavy atom. The molecule has 3 aliphatic heterocycles. The van der Waals surface area contributed by atoms with Crippen LogP contribution in [0.5, 0.6) is 11.5 Å². The number of carbonyl (C=O) groups is 12. The lowest BCUT2D eigenvalue weighted by Crippen LogP contribution is -2.56. The molecule has 3 fully saturated rings. The van der Waals surface area contributed by atoms with Crippen molar-refractivity contribution in [3.8, 4) is 11.5 Å². The van der Waals surface area contributed by atoms with E-state index in [-0.39, 0.29) is 148 Å². The zero-order valence-electron chi connectivity index (χ0n) is 80.1. The lowest BCUT2D eigenvalue weighted by atomic mass is 10.0. The van der Waals surface area contributed by atoms with Gasteiger partial charge >= 0.3 is 6.09 Å². The number of primary amides is 2. The first-order chi connectivity index (χ1) is 66.6. The Labute approximate surface area is 798 Å². The van der Waals surface area contributed by atoms with Gasteiger partial charge in [-0.25, -0.2) is 4.79 Å². The highest BCUT2D eigenvalue weighted by molar-refractivity contribution is 6.06. The number of aromatic nitrogens is 8. The second-order valence-electron chi connectivity index (χ2n) is 33.2. The van der Waals surface area contributed by atoms with Gasteiger partial charge in [0.2, 0.25) is 64.4 Å². The number of aromatic amines is 2. The number of anilines is 1. The molecule has 3 saturated heterocycles. The van der Waals surface area contributed by atoms with Crippen LogP contribution in [0.15, 0.2) is 82.8 Å². The van der Waals surface area contributed by atoms with Crippen molar-refractivity contribution >= 4 is 98.8 Å². The molecular formula is C93H132N20O25. The number of imide groups is 1. The third-order valence-corrected chi connectivity index (χ3v) is 22.6. The number of allylic oxidation sites excluding steroid dienone is 2. The molecule has 10 N–H and O–H groups in total. The zero-order chi connectivity index (χ0) is 99.0. The van der Waals surface area contributed by atoms with E-state index in [9.17, 15) is 57.5 Å². The number of ether oxygens (including phenoxy) is 13. The lowest BCUT2D eigenvalue weighted by Gasteiger charge is -2.34. The summed E-state index contributed by atoms with van der Waals surface area (Å²) in [7, 11) is 1.45. The minimum atomic E-state index is -0.969. The predicted octanol–water partition coefficient (Wildman–Crippen LogP) is 2.61. The summed E-state index contributed by atoms with van der Waals surface area (Å²) in [5, 5.41) is 20.0.